The molecule has 2 aromatic carbocycles. The van der Waals surface area contributed by atoms with Crippen molar-refractivity contribution < 1.29 is 18.3 Å². The first-order chi connectivity index (χ1) is 17.7. The van der Waals surface area contributed by atoms with Gasteiger partial charge in [-0.25, -0.2) is 13.2 Å². The third-order valence-electron chi connectivity index (χ3n) is 5.78. The van der Waals surface area contributed by atoms with Gasteiger partial charge in [0.25, 0.3) is 10.0 Å². The molecule has 0 bridgehead atoms. The zero-order valence-corrected chi connectivity index (χ0v) is 22.9. The number of benzene rings is 2. The van der Waals surface area contributed by atoms with Gasteiger partial charge in [-0.05, 0) is 50.1 Å². The van der Waals surface area contributed by atoms with E-state index in [1.54, 1.807) is 12.1 Å². The largest absolute Gasteiger partial charge is 0.481 e. The maximum absolute atomic E-state index is 13.1. The van der Waals surface area contributed by atoms with E-state index in [4.69, 9.17) is 5.11 Å². The molecule has 0 fully saturated rings. The summed E-state index contributed by atoms with van der Waals surface area (Å²) < 4.78 is 31.0. The fraction of sp³-hybridized carbons (Fsp3) is 0.269. The van der Waals surface area contributed by atoms with E-state index >= 15 is 0 Å². The van der Waals surface area contributed by atoms with Crippen molar-refractivity contribution >= 4 is 44.9 Å². The first kappa shape index (κ1) is 26.9. The summed E-state index contributed by atoms with van der Waals surface area (Å²) in [4.78, 5) is 29.0. The van der Waals surface area contributed by atoms with Gasteiger partial charge >= 0.3 is 11.7 Å². The Morgan fingerprint density at radius 3 is 2.46 bits per heavy atom. The number of unbranched alkanes of at least 4 members (excludes halogenated alkanes) is 1. The van der Waals surface area contributed by atoms with E-state index in [1.807, 2.05) is 44.2 Å². The van der Waals surface area contributed by atoms with Gasteiger partial charge in [-0.1, -0.05) is 48.0 Å². The van der Waals surface area contributed by atoms with Gasteiger partial charge in [0, 0.05) is 23.4 Å². The molecule has 0 amide bonds. The molecule has 2 aliphatic heterocycles. The molecule has 37 heavy (non-hydrogen) atoms. The average molecular weight is 558 g/mol. The van der Waals surface area contributed by atoms with E-state index in [-0.39, 0.29) is 17.1 Å². The first-order valence-electron chi connectivity index (χ1n) is 11.7. The Morgan fingerprint density at radius 1 is 1.08 bits per heavy atom. The predicted molar refractivity (Wildman–Crippen MR) is 147 cm³/mol. The Morgan fingerprint density at radius 2 is 1.78 bits per heavy atom. The minimum Gasteiger partial charge on any atom is -0.481 e. The molecule has 8 nitrogen and oxygen atoms in total. The topological polar surface area (TPSA) is 118 Å². The van der Waals surface area contributed by atoms with E-state index in [9.17, 15) is 18.0 Å². The van der Waals surface area contributed by atoms with Gasteiger partial charge in [-0.15, -0.1) is 23.1 Å². The van der Waals surface area contributed by atoms with Crippen LogP contribution in [0.2, 0.25) is 0 Å². The summed E-state index contributed by atoms with van der Waals surface area (Å²) in [7, 11) is -3.97. The molecule has 2 aromatic rings. The second-order valence-electron chi connectivity index (χ2n) is 8.61. The summed E-state index contributed by atoms with van der Waals surface area (Å²) in [5, 5.41) is 8.92. The summed E-state index contributed by atoms with van der Waals surface area (Å²) in [6.07, 6.45) is 1.90. The number of nitrogens with one attached hydrogen (secondary N) is 1. The molecule has 194 valence electrons. The molecule has 0 radical (unpaired) electrons. The Bertz CT molecular complexity index is 1530. The van der Waals surface area contributed by atoms with E-state index in [1.165, 1.54) is 39.8 Å². The normalized spacial score (nSPS) is 11.6. The molecule has 2 heterocycles. The van der Waals surface area contributed by atoms with Crippen molar-refractivity contribution in [1.29, 1.82) is 0 Å². The smallest absolute Gasteiger partial charge is 0.354 e. The maximum atomic E-state index is 13.1. The van der Waals surface area contributed by atoms with Crippen molar-refractivity contribution in [2.45, 2.75) is 48.6 Å². The Kier molecular flexibility index (Phi) is 8.35. The van der Waals surface area contributed by atoms with Gasteiger partial charge < -0.3 is 5.11 Å². The lowest BCUT2D eigenvalue weighted by Crippen LogP contribution is -2.18. The van der Waals surface area contributed by atoms with Gasteiger partial charge in [0.1, 0.15) is 5.69 Å². The third kappa shape index (κ3) is 6.41. The molecule has 0 aromatic heterocycles. The number of anilines is 1. The number of fused-ring (bicyclic) bond motifs is 1. The minimum absolute atomic E-state index is 0.00998. The maximum Gasteiger partial charge on any atom is 0.354 e. The van der Waals surface area contributed by atoms with Gasteiger partial charge in [0.2, 0.25) is 0 Å². The molecule has 0 spiro atoms. The van der Waals surface area contributed by atoms with Gasteiger partial charge in [0.05, 0.1) is 9.10 Å². The molecule has 0 atom stereocenters. The van der Waals surface area contributed by atoms with E-state index in [0.29, 0.717) is 36.4 Å². The predicted octanol–water partition coefficient (Wildman–Crippen LogP) is 5.09. The number of carboxylic acids is 1. The van der Waals surface area contributed by atoms with Crippen LogP contribution >= 0.6 is 23.1 Å². The standard InChI is InChI=1S/C26H27N3O5S3/c1-17-11-13-20(14-12-17)37(33,34)28-24-23-25(35-15-7-6-10-22(30)31)36-21(16-19-8-4-3-5-9-19)18(2)29(23)26(32)27-24/h3-5,8-9,11-14H,6-7,10,15-16H2,1-2H3,(H,30,31)(H,27,28,32). The number of rotatable bonds is 11. The lowest BCUT2D eigenvalue weighted by molar-refractivity contribution is -0.137. The van der Waals surface area contributed by atoms with E-state index in [2.05, 4.69) is 9.71 Å². The van der Waals surface area contributed by atoms with Crippen LogP contribution < -0.4 is 10.4 Å². The van der Waals surface area contributed by atoms with Crippen LogP contribution in [-0.2, 0) is 21.2 Å². The number of hydrogen-bond acceptors (Lipinski definition) is 7. The van der Waals surface area contributed by atoms with Crippen molar-refractivity contribution in [2.75, 3.05) is 10.5 Å². The molecule has 2 N–H and O–H groups in total. The van der Waals surface area contributed by atoms with Gasteiger partial charge in [-0.3, -0.25) is 14.1 Å². The van der Waals surface area contributed by atoms with Crippen molar-refractivity contribution in [3.05, 3.63) is 86.8 Å². The Labute approximate surface area is 223 Å². The number of aliphatic carboxylic acids is 1. The second-order valence-corrected chi connectivity index (χ2v) is 12.8. The van der Waals surface area contributed by atoms with Crippen LogP contribution in [0.15, 0.2) is 68.5 Å². The second kappa shape index (κ2) is 11.5. The summed E-state index contributed by atoms with van der Waals surface area (Å²) in [6, 6.07) is 16.3. The fourth-order valence-electron chi connectivity index (χ4n) is 3.82. The summed E-state index contributed by atoms with van der Waals surface area (Å²) >= 11 is 2.98. The average Bonchev–Trinajstić information content (AvgIpc) is 3.17. The van der Waals surface area contributed by atoms with Crippen molar-refractivity contribution in [2.24, 2.45) is 0 Å². The lowest BCUT2D eigenvalue weighted by atomic mass is 10.1. The quantitative estimate of drug-likeness (QED) is 0.195. The molecule has 0 unspecified atom stereocenters. The number of imidazole rings is 1. The summed E-state index contributed by atoms with van der Waals surface area (Å²) in [5.41, 5.74) is 2.59. The SMILES string of the molecule is Cc1ccc(S(=O)(=O)Nc2nc(=O)n3c(C)c(Cc4ccccc4)sc(SCCCCC(=O)O)c2-3)cc1. The number of aromatic nitrogens is 2. The number of hydrogen-bond donors (Lipinski definition) is 2. The van der Waals surface area contributed by atoms with Crippen LogP contribution in [-0.4, -0.2) is 34.8 Å². The highest BCUT2D eigenvalue weighted by atomic mass is 32.2. The summed E-state index contributed by atoms with van der Waals surface area (Å²) in [5.74, 6) is -0.226. The van der Waals surface area contributed by atoms with Crippen LogP contribution in [0.3, 0.4) is 0 Å². The number of aryl methyl sites for hydroxylation is 1. The highest BCUT2D eigenvalue weighted by Gasteiger charge is 2.27. The van der Waals surface area contributed by atoms with Crippen LogP contribution in [0, 0.1) is 13.8 Å². The van der Waals surface area contributed by atoms with E-state index in [0.717, 1.165) is 20.2 Å². The molecular weight excluding hydrogens is 531 g/mol. The zero-order valence-electron chi connectivity index (χ0n) is 20.4. The molecule has 0 saturated heterocycles. The van der Waals surface area contributed by atoms with Crippen molar-refractivity contribution in [1.82, 2.24) is 9.55 Å². The Balaban J connectivity index is 1.74. The molecular formula is C26H27N3O5S3. The van der Waals surface area contributed by atoms with E-state index < -0.39 is 21.7 Å². The third-order valence-corrected chi connectivity index (χ3v) is 9.75. The number of sulfonamides is 1. The monoisotopic (exact) mass is 557 g/mol. The van der Waals surface area contributed by atoms with Crippen LogP contribution in [0.25, 0.3) is 5.69 Å². The number of thioether (sulfide) groups is 1. The lowest BCUT2D eigenvalue weighted by Gasteiger charge is -2.17. The highest BCUT2D eigenvalue weighted by molar-refractivity contribution is 8.01. The van der Waals surface area contributed by atoms with Crippen molar-refractivity contribution in [3.8, 4) is 5.69 Å². The van der Waals surface area contributed by atoms with Crippen molar-refractivity contribution in [3.63, 3.8) is 0 Å². The van der Waals surface area contributed by atoms with Crippen LogP contribution in [0.4, 0.5) is 5.82 Å². The minimum atomic E-state index is -3.97. The van der Waals surface area contributed by atoms with Gasteiger partial charge in [-0.2, -0.15) is 4.98 Å². The highest BCUT2D eigenvalue weighted by Crippen LogP contribution is 2.39. The number of carboxylic acid groups (broad SMARTS) is 1. The van der Waals surface area contributed by atoms with Gasteiger partial charge in [0.15, 0.2) is 5.82 Å². The molecule has 4 rings (SSSR count). The molecule has 0 aliphatic carbocycles. The van der Waals surface area contributed by atoms with Crippen LogP contribution in [0.1, 0.15) is 41.0 Å². The number of nitrogens with zero attached hydrogens (tertiary/aromatic N) is 2. The zero-order chi connectivity index (χ0) is 26.6. The Hall–Kier alpha value is -3.15. The molecule has 11 heteroatoms. The van der Waals surface area contributed by atoms with Crippen LogP contribution in [0.5, 0.6) is 0 Å². The number of carbonyl (C=O) groups is 1. The fourth-order valence-corrected chi connectivity index (χ4v) is 7.46. The molecule has 0 saturated carbocycles. The molecule has 2 aliphatic rings. The summed E-state index contributed by atoms with van der Waals surface area (Å²) in [6.45, 7) is 3.71. The first-order valence-corrected chi connectivity index (χ1v) is 15.0.